The molecule has 10 atom stereocenters. The first-order valence-electron chi connectivity index (χ1n) is 12.1. The predicted molar refractivity (Wildman–Crippen MR) is 112 cm³/mol. The molecular formula is C25H42O3. The number of hydrogen-bond donors (Lipinski definition) is 2. The zero-order chi connectivity index (χ0) is 20.3. The minimum atomic E-state index is -0.638. The lowest BCUT2D eigenvalue weighted by atomic mass is 9.44. The number of carbonyl (C=O) groups is 1. The number of hydrogen-bond acceptors (Lipinski definition) is 2. The van der Waals surface area contributed by atoms with Gasteiger partial charge in [-0.3, -0.25) is 4.79 Å². The molecule has 0 saturated heterocycles. The molecule has 0 aliphatic heterocycles. The molecule has 4 fully saturated rings. The van der Waals surface area contributed by atoms with E-state index in [1.165, 1.54) is 44.9 Å². The van der Waals surface area contributed by atoms with Gasteiger partial charge in [0.1, 0.15) is 0 Å². The van der Waals surface area contributed by atoms with E-state index in [1.54, 1.807) is 0 Å². The van der Waals surface area contributed by atoms with Crippen molar-refractivity contribution in [2.24, 2.45) is 52.3 Å². The topological polar surface area (TPSA) is 57.5 Å². The van der Waals surface area contributed by atoms with Crippen molar-refractivity contribution < 1.29 is 15.0 Å². The standard InChI is InChI=1S/C25H42O3/c1-15(13-16(2)23(27)28)20-7-8-21-19-6-5-17-14-18(26)9-11-24(17,3)22(19)10-12-25(20,21)4/h15-22,26H,5-14H2,1-4H3,(H,27,28)/t15-,16+,17?,18-,19?,20-,21?,22?,24+,25-/m1/s1. The summed E-state index contributed by atoms with van der Waals surface area (Å²) in [6.07, 6.45) is 12.1. The molecule has 2 N–H and O–H groups in total. The number of aliphatic hydroxyl groups is 1. The second-order valence-electron chi connectivity index (χ2n) is 11.8. The van der Waals surface area contributed by atoms with Crippen molar-refractivity contribution in [1.82, 2.24) is 0 Å². The summed E-state index contributed by atoms with van der Waals surface area (Å²) < 4.78 is 0. The van der Waals surface area contributed by atoms with Crippen LogP contribution >= 0.6 is 0 Å². The molecule has 0 heterocycles. The molecule has 4 rings (SSSR count). The third-order valence-electron chi connectivity index (χ3n) is 10.5. The zero-order valence-corrected chi connectivity index (χ0v) is 18.5. The molecule has 4 aliphatic carbocycles. The van der Waals surface area contributed by atoms with E-state index in [0.717, 1.165) is 42.9 Å². The normalized spacial score (nSPS) is 50.2. The van der Waals surface area contributed by atoms with E-state index < -0.39 is 5.97 Å². The van der Waals surface area contributed by atoms with Crippen molar-refractivity contribution in [3.05, 3.63) is 0 Å². The molecular weight excluding hydrogens is 348 g/mol. The number of aliphatic carboxylic acids is 1. The van der Waals surface area contributed by atoms with Crippen molar-refractivity contribution in [1.29, 1.82) is 0 Å². The third kappa shape index (κ3) is 3.15. The summed E-state index contributed by atoms with van der Waals surface area (Å²) in [6.45, 7) is 9.33. The Hall–Kier alpha value is -0.570. The largest absolute Gasteiger partial charge is 0.481 e. The van der Waals surface area contributed by atoms with E-state index in [9.17, 15) is 15.0 Å². The molecule has 4 unspecified atom stereocenters. The van der Waals surface area contributed by atoms with Crippen LogP contribution < -0.4 is 0 Å². The summed E-state index contributed by atoms with van der Waals surface area (Å²) in [5, 5.41) is 19.6. The molecule has 28 heavy (non-hydrogen) atoms. The molecule has 0 radical (unpaired) electrons. The lowest BCUT2D eigenvalue weighted by molar-refractivity contribution is -0.142. The van der Waals surface area contributed by atoms with Crippen molar-refractivity contribution in [3.8, 4) is 0 Å². The second kappa shape index (κ2) is 7.29. The number of carboxylic acids is 1. The van der Waals surface area contributed by atoms with Crippen LogP contribution in [-0.4, -0.2) is 22.3 Å². The Morgan fingerprint density at radius 1 is 0.964 bits per heavy atom. The molecule has 160 valence electrons. The first-order valence-corrected chi connectivity index (χ1v) is 12.1. The van der Waals surface area contributed by atoms with Crippen LogP contribution in [0, 0.1) is 52.3 Å². The van der Waals surface area contributed by atoms with Gasteiger partial charge in [0.25, 0.3) is 0 Å². The lowest BCUT2D eigenvalue weighted by Crippen LogP contribution is -2.54. The number of aliphatic hydroxyl groups excluding tert-OH is 1. The number of carboxylic acid groups (broad SMARTS) is 1. The van der Waals surface area contributed by atoms with Gasteiger partial charge >= 0.3 is 5.97 Å². The number of rotatable bonds is 4. The maximum absolute atomic E-state index is 11.4. The van der Waals surface area contributed by atoms with Gasteiger partial charge in [-0.25, -0.2) is 0 Å². The summed E-state index contributed by atoms with van der Waals surface area (Å²) >= 11 is 0. The Morgan fingerprint density at radius 2 is 1.64 bits per heavy atom. The van der Waals surface area contributed by atoms with Gasteiger partial charge in [-0.2, -0.15) is 0 Å². The average Bonchev–Trinajstić information content (AvgIpc) is 2.99. The van der Waals surface area contributed by atoms with Gasteiger partial charge in [0.2, 0.25) is 0 Å². The maximum atomic E-state index is 11.4. The highest BCUT2D eigenvalue weighted by atomic mass is 16.4. The van der Waals surface area contributed by atoms with E-state index in [2.05, 4.69) is 20.8 Å². The molecule has 0 aromatic rings. The van der Waals surface area contributed by atoms with Crippen LogP contribution in [0.1, 0.15) is 91.9 Å². The SMILES string of the molecule is C[C@H](C[C@H](C)C(=O)O)[C@H]1CCC2C3CCC4C[C@H](O)CC[C@]4(C)C3CC[C@@]21C. The smallest absolute Gasteiger partial charge is 0.306 e. The van der Waals surface area contributed by atoms with Crippen LogP contribution in [0.4, 0.5) is 0 Å². The fourth-order valence-electron chi connectivity index (χ4n) is 9.03. The third-order valence-corrected chi connectivity index (χ3v) is 10.5. The first-order chi connectivity index (χ1) is 13.2. The fourth-order valence-corrected chi connectivity index (χ4v) is 9.03. The lowest BCUT2D eigenvalue weighted by Gasteiger charge is -2.61. The molecule has 4 aliphatic rings. The minimum absolute atomic E-state index is 0.0589. The Kier molecular flexibility index (Phi) is 5.39. The summed E-state index contributed by atoms with van der Waals surface area (Å²) in [7, 11) is 0. The maximum Gasteiger partial charge on any atom is 0.306 e. The zero-order valence-electron chi connectivity index (χ0n) is 18.5. The highest BCUT2D eigenvalue weighted by Gasteiger charge is 2.60. The van der Waals surface area contributed by atoms with E-state index in [0.29, 0.717) is 22.7 Å². The molecule has 0 aromatic carbocycles. The Balaban J connectivity index is 1.51. The Bertz CT molecular complexity index is 603. The van der Waals surface area contributed by atoms with Crippen molar-refractivity contribution in [2.75, 3.05) is 0 Å². The van der Waals surface area contributed by atoms with Gasteiger partial charge in [-0.05, 0) is 111 Å². The highest BCUT2D eigenvalue weighted by Crippen LogP contribution is 2.68. The Morgan fingerprint density at radius 3 is 2.36 bits per heavy atom. The van der Waals surface area contributed by atoms with Gasteiger partial charge in [-0.1, -0.05) is 27.7 Å². The van der Waals surface area contributed by atoms with Gasteiger partial charge in [0.15, 0.2) is 0 Å². The monoisotopic (exact) mass is 390 g/mol. The van der Waals surface area contributed by atoms with E-state index >= 15 is 0 Å². The van der Waals surface area contributed by atoms with Gasteiger partial charge in [0, 0.05) is 0 Å². The van der Waals surface area contributed by atoms with Gasteiger partial charge in [-0.15, -0.1) is 0 Å². The average molecular weight is 391 g/mol. The van der Waals surface area contributed by atoms with Crippen molar-refractivity contribution >= 4 is 5.97 Å². The molecule has 0 spiro atoms. The van der Waals surface area contributed by atoms with Crippen LogP contribution in [0.5, 0.6) is 0 Å². The summed E-state index contributed by atoms with van der Waals surface area (Å²) in [6, 6.07) is 0. The van der Waals surface area contributed by atoms with Gasteiger partial charge in [0.05, 0.1) is 12.0 Å². The Labute approximate surface area is 171 Å². The van der Waals surface area contributed by atoms with E-state index in [1.807, 2.05) is 6.92 Å². The van der Waals surface area contributed by atoms with Gasteiger partial charge < -0.3 is 10.2 Å². The molecule has 3 nitrogen and oxygen atoms in total. The fraction of sp³-hybridized carbons (Fsp3) is 0.960. The summed E-state index contributed by atoms with van der Waals surface area (Å²) in [5.41, 5.74) is 0.862. The van der Waals surface area contributed by atoms with Crippen molar-refractivity contribution in [3.63, 3.8) is 0 Å². The van der Waals surface area contributed by atoms with E-state index in [4.69, 9.17) is 0 Å². The van der Waals surface area contributed by atoms with Crippen LogP contribution in [-0.2, 0) is 4.79 Å². The first kappa shape index (κ1) is 20.7. The molecule has 0 bridgehead atoms. The predicted octanol–water partition coefficient (Wildman–Crippen LogP) is 5.75. The molecule has 4 saturated carbocycles. The van der Waals surface area contributed by atoms with Crippen LogP contribution in [0.3, 0.4) is 0 Å². The molecule has 0 aromatic heterocycles. The molecule has 0 amide bonds. The van der Waals surface area contributed by atoms with Crippen LogP contribution in [0.2, 0.25) is 0 Å². The quantitative estimate of drug-likeness (QED) is 0.642. The summed E-state index contributed by atoms with van der Waals surface area (Å²) in [4.78, 5) is 11.4. The van der Waals surface area contributed by atoms with Crippen LogP contribution in [0.25, 0.3) is 0 Å². The summed E-state index contributed by atoms with van der Waals surface area (Å²) in [5.74, 6) is 3.62. The van der Waals surface area contributed by atoms with E-state index in [-0.39, 0.29) is 12.0 Å². The van der Waals surface area contributed by atoms with Crippen molar-refractivity contribution in [2.45, 2.75) is 98.0 Å². The minimum Gasteiger partial charge on any atom is -0.481 e. The number of fused-ring (bicyclic) bond motifs is 5. The van der Waals surface area contributed by atoms with Crippen LogP contribution in [0.15, 0.2) is 0 Å². The molecule has 3 heteroatoms. The second-order valence-corrected chi connectivity index (χ2v) is 11.8. The highest BCUT2D eigenvalue weighted by molar-refractivity contribution is 5.69.